The molecule has 1 amide bonds. The number of rotatable bonds is 6. The summed E-state index contributed by atoms with van der Waals surface area (Å²) in [4.78, 5) is 12.3. The third kappa shape index (κ3) is 4.71. The molecule has 2 N–H and O–H groups in total. The lowest BCUT2D eigenvalue weighted by molar-refractivity contribution is 0.0936. The van der Waals surface area contributed by atoms with E-state index in [9.17, 15) is 4.79 Å². The Morgan fingerprint density at radius 3 is 2.88 bits per heavy atom. The fourth-order valence-electron chi connectivity index (χ4n) is 3.31. The Morgan fingerprint density at radius 2 is 2.16 bits per heavy atom. The Kier molecular flexibility index (Phi) is 7.23. The third-order valence-electron chi connectivity index (χ3n) is 4.75. The highest BCUT2D eigenvalue weighted by molar-refractivity contribution is 6.00. The van der Waals surface area contributed by atoms with Crippen LogP contribution in [0.5, 0.6) is 0 Å². The first-order chi connectivity index (χ1) is 11.7. The Labute approximate surface area is 154 Å². The van der Waals surface area contributed by atoms with Crippen LogP contribution in [0.2, 0.25) is 0 Å². The molecule has 1 fully saturated rings. The average Bonchev–Trinajstić information content (AvgIpc) is 3.00. The van der Waals surface area contributed by atoms with Gasteiger partial charge >= 0.3 is 0 Å². The van der Waals surface area contributed by atoms with Crippen LogP contribution in [-0.2, 0) is 11.3 Å². The van der Waals surface area contributed by atoms with Crippen molar-refractivity contribution in [3.63, 3.8) is 0 Å². The molecule has 6 nitrogen and oxygen atoms in total. The number of halogens is 1. The molecule has 0 spiro atoms. The highest BCUT2D eigenvalue weighted by atomic mass is 35.5. The van der Waals surface area contributed by atoms with Crippen LogP contribution in [0.3, 0.4) is 0 Å². The number of carbonyl (C=O) groups is 1. The number of ether oxygens (including phenoxy) is 1. The Morgan fingerprint density at radius 1 is 1.40 bits per heavy atom. The zero-order chi connectivity index (χ0) is 16.9. The van der Waals surface area contributed by atoms with Crippen LogP contribution in [0.4, 0.5) is 0 Å². The van der Waals surface area contributed by atoms with Gasteiger partial charge in [-0.25, -0.2) is 0 Å². The van der Waals surface area contributed by atoms with Crippen molar-refractivity contribution in [2.24, 2.45) is 5.92 Å². The molecule has 1 aromatic heterocycles. The summed E-state index contributed by atoms with van der Waals surface area (Å²) in [5, 5.41) is 12.0. The molecular weight excluding hydrogens is 340 g/mol. The summed E-state index contributed by atoms with van der Waals surface area (Å²) < 4.78 is 7.01. The number of fused-ring (bicyclic) bond motifs is 1. The van der Waals surface area contributed by atoms with Gasteiger partial charge in [0, 0.05) is 37.3 Å². The van der Waals surface area contributed by atoms with Crippen molar-refractivity contribution in [3.05, 3.63) is 29.5 Å². The van der Waals surface area contributed by atoms with Gasteiger partial charge in [-0.05, 0) is 56.5 Å². The van der Waals surface area contributed by atoms with Gasteiger partial charge in [0.2, 0.25) is 0 Å². The fourth-order valence-corrected chi connectivity index (χ4v) is 3.31. The van der Waals surface area contributed by atoms with E-state index < -0.39 is 0 Å². The minimum Gasteiger partial charge on any atom is -0.383 e. The summed E-state index contributed by atoms with van der Waals surface area (Å²) in [7, 11) is 1.63. The van der Waals surface area contributed by atoms with Crippen LogP contribution < -0.4 is 10.6 Å². The monoisotopic (exact) mass is 366 g/mol. The molecule has 1 aliphatic heterocycles. The number of nitrogens with zero attached hydrogens (tertiary/aromatic N) is 2. The van der Waals surface area contributed by atoms with E-state index in [0.717, 1.165) is 36.1 Å². The second-order valence-electron chi connectivity index (χ2n) is 6.46. The second kappa shape index (κ2) is 9.17. The van der Waals surface area contributed by atoms with E-state index in [1.807, 2.05) is 23.7 Å². The molecule has 7 heteroatoms. The standard InChI is InChI=1S/C18H26N4O2.ClH/c1-13-15(18(23)20-9-10-24-2)3-4-17-16(13)12-22(21-17)11-14-5-7-19-8-6-14;/h3-4,12,14,19H,5-11H2,1-2H3,(H,20,23);1H. The van der Waals surface area contributed by atoms with Crippen molar-refractivity contribution < 1.29 is 9.53 Å². The molecule has 25 heavy (non-hydrogen) atoms. The van der Waals surface area contributed by atoms with Crippen molar-refractivity contribution in [3.8, 4) is 0 Å². The maximum Gasteiger partial charge on any atom is 0.251 e. The molecule has 0 atom stereocenters. The molecule has 138 valence electrons. The number of aryl methyl sites for hydroxylation is 1. The molecule has 0 radical (unpaired) electrons. The summed E-state index contributed by atoms with van der Waals surface area (Å²) in [5.41, 5.74) is 2.65. The van der Waals surface area contributed by atoms with Gasteiger partial charge in [0.05, 0.1) is 12.1 Å². The number of amides is 1. The van der Waals surface area contributed by atoms with Crippen LogP contribution in [0.1, 0.15) is 28.8 Å². The van der Waals surface area contributed by atoms with Crippen molar-refractivity contribution in [1.82, 2.24) is 20.4 Å². The first-order valence-electron chi connectivity index (χ1n) is 8.63. The molecule has 3 rings (SSSR count). The number of hydrogen-bond acceptors (Lipinski definition) is 4. The molecular formula is C18H27ClN4O2. The van der Waals surface area contributed by atoms with Crippen LogP contribution in [0, 0.1) is 12.8 Å². The normalized spacial score (nSPS) is 15.1. The zero-order valence-corrected chi connectivity index (χ0v) is 15.7. The van der Waals surface area contributed by atoms with Crippen molar-refractivity contribution in [2.75, 3.05) is 33.4 Å². The summed E-state index contributed by atoms with van der Waals surface area (Å²) in [6.45, 7) is 6.16. The first-order valence-corrected chi connectivity index (χ1v) is 8.63. The highest BCUT2D eigenvalue weighted by Gasteiger charge is 2.16. The van der Waals surface area contributed by atoms with E-state index in [-0.39, 0.29) is 18.3 Å². The number of benzene rings is 1. The molecule has 0 aliphatic carbocycles. The highest BCUT2D eigenvalue weighted by Crippen LogP contribution is 2.22. The number of aromatic nitrogens is 2. The van der Waals surface area contributed by atoms with Crippen LogP contribution in [-0.4, -0.2) is 49.0 Å². The van der Waals surface area contributed by atoms with Crippen LogP contribution in [0.15, 0.2) is 18.3 Å². The van der Waals surface area contributed by atoms with Gasteiger partial charge in [-0.3, -0.25) is 9.48 Å². The Hall–Kier alpha value is -1.63. The van der Waals surface area contributed by atoms with Gasteiger partial charge in [-0.1, -0.05) is 0 Å². The largest absolute Gasteiger partial charge is 0.383 e. The lowest BCUT2D eigenvalue weighted by Gasteiger charge is -2.22. The summed E-state index contributed by atoms with van der Waals surface area (Å²) >= 11 is 0. The zero-order valence-electron chi connectivity index (χ0n) is 14.9. The van der Waals surface area contributed by atoms with Gasteiger partial charge < -0.3 is 15.4 Å². The topological polar surface area (TPSA) is 68.2 Å². The van der Waals surface area contributed by atoms with E-state index >= 15 is 0 Å². The van der Waals surface area contributed by atoms with E-state index in [1.54, 1.807) is 7.11 Å². The molecule has 0 unspecified atom stereocenters. The van der Waals surface area contributed by atoms with Gasteiger partial charge in [-0.15, -0.1) is 12.4 Å². The van der Waals surface area contributed by atoms with Crippen molar-refractivity contribution in [2.45, 2.75) is 26.3 Å². The van der Waals surface area contributed by atoms with E-state index in [4.69, 9.17) is 4.74 Å². The summed E-state index contributed by atoms with van der Waals surface area (Å²) in [5.74, 6) is 0.621. The Bertz CT molecular complexity index is 710. The molecule has 0 bridgehead atoms. The van der Waals surface area contributed by atoms with Crippen molar-refractivity contribution >= 4 is 29.2 Å². The number of carbonyl (C=O) groups excluding carboxylic acids is 1. The summed E-state index contributed by atoms with van der Waals surface area (Å²) in [6, 6.07) is 3.80. The lowest BCUT2D eigenvalue weighted by atomic mass is 9.98. The molecule has 2 heterocycles. The van der Waals surface area contributed by atoms with Gasteiger partial charge in [0.1, 0.15) is 0 Å². The molecule has 1 saturated heterocycles. The molecule has 2 aromatic rings. The minimum atomic E-state index is -0.0578. The van der Waals surface area contributed by atoms with Gasteiger partial charge in [0.15, 0.2) is 0 Å². The molecule has 1 aliphatic rings. The average molecular weight is 367 g/mol. The van der Waals surface area contributed by atoms with E-state index in [0.29, 0.717) is 24.6 Å². The van der Waals surface area contributed by atoms with Crippen LogP contribution >= 0.6 is 12.4 Å². The third-order valence-corrected chi connectivity index (χ3v) is 4.75. The van der Waals surface area contributed by atoms with E-state index in [2.05, 4.69) is 21.9 Å². The predicted molar refractivity (Wildman–Crippen MR) is 102 cm³/mol. The quantitative estimate of drug-likeness (QED) is 0.768. The molecule has 0 saturated carbocycles. The predicted octanol–water partition coefficient (Wildman–Crippen LogP) is 2.14. The van der Waals surface area contributed by atoms with Crippen molar-refractivity contribution in [1.29, 1.82) is 0 Å². The maximum atomic E-state index is 12.3. The minimum absolute atomic E-state index is 0. The first kappa shape index (κ1) is 19.7. The number of methoxy groups -OCH3 is 1. The SMILES string of the molecule is COCCNC(=O)c1ccc2nn(CC3CCNCC3)cc2c1C.Cl. The second-order valence-corrected chi connectivity index (χ2v) is 6.46. The number of piperidine rings is 1. The van der Waals surface area contributed by atoms with Crippen LogP contribution in [0.25, 0.3) is 10.9 Å². The van der Waals surface area contributed by atoms with Gasteiger partial charge in [-0.2, -0.15) is 5.10 Å². The number of hydrogen-bond donors (Lipinski definition) is 2. The van der Waals surface area contributed by atoms with Gasteiger partial charge in [0.25, 0.3) is 5.91 Å². The molecule has 1 aromatic carbocycles. The lowest BCUT2D eigenvalue weighted by Crippen LogP contribution is -2.29. The Balaban J connectivity index is 0.00000225. The summed E-state index contributed by atoms with van der Waals surface area (Å²) in [6.07, 6.45) is 4.48. The fraction of sp³-hybridized carbons (Fsp3) is 0.556. The maximum absolute atomic E-state index is 12.3. The smallest absolute Gasteiger partial charge is 0.251 e. The van der Waals surface area contributed by atoms with E-state index in [1.165, 1.54) is 12.8 Å². The number of nitrogens with one attached hydrogen (secondary N) is 2.